The number of aromatic amines is 3. The van der Waals surface area contributed by atoms with Gasteiger partial charge >= 0.3 is 6.36 Å². The van der Waals surface area contributed by atoms with Gasteiger partial charge in [-0.1, -0.05) is 35.9 Å². The minimum Gasteiger partial charge on any atom is -0.489 e. The van der Waals surface area contributed by atoms with Crippen LogP contribution in [0.15, 0.2) is 182 Å². The average molecular weight is 1530 g/mol. The number of amides is 3. The number of aliphatic hydroxyl groups is 2. The number of carbonyl (C=O) groups is 3. The molecule has 0 radical (unpaired) electrons. The number of pyridine rings is 3. The number of fused-ring (bicyclic) bond motifs is 3. The Morgan fingerprint density at radius 2 is 0.830 bits per heavy atom. The summed E-state index contributed by atoms with van der Waals surface area (Å²) in [6.45, 7) is 5.50. The predicted octanol–water partition coefficient (Wildman–Crippen LogP) is 14.2. The molecule has 4 aliphatic heterocycles. The summed E-state index contributed by atoms with van der Waals surface area (Å²) in [4.78, 5) is 65.2. The fourth-order valence-corrected chi connectivity index (χ4v) is 14.3. The number of aliphatic hydroxyl groups excluding tert-OH is 2. The maximum absolute atomic E-state index is 12.8. The molecule has 4 saturated heterocycles. The third-order valence-electron chi connectivity index (χ3n) is 20.1. The highest BCUT2D eigenvalue weighted by Crippen LogP contribution is 2.39. The highest BCUT2D eigenvalue weighted by molar-refractivity contribution is 6.30. The molecule has 16 rings (SSSR count). The van der Waals surface area contributed by atoms with Crippen LogP contribution in [0.4, 0.5) is 13.2 Å². The average Bonchev–Trinajstić information content (AvgIpc) is 1.62. The molecular formula is C85H75ClF3N13O10. The summed E-state index contributed by atoms with van der Waals surface area (Å²) < 4.78 is 65.1. The summed E-state index contributed by atoms with van der Waals surface area (Å²) in [6.07, 6.45) is 4.33. The van der Waals surface area contributed by atoms with Crippen molar-refractivity contribution < 1.29 is 61.5 Å². The largest absolute Gasteiger partial charge is 0.573 e. The molecular weight excluding hydrogens is 1460 g/mol. The topological polar surface area (TPSA) is 317 Å². The van der Waals surface area contributed by atoms with Crippen molar-refractivity contribution in [2.24, 2.45) is 0 Å². The molecule has 4 fully saturated rings. The number of halogens is 4. The molecule has 4 aliphatic rings. The number of rotatable bonds is 16. The highest BCUT2D eigenvalue weighted by Gasteiger charge is 2.32. The Morgan fingerprint density at radius 1 is 0.473 bits per heavy atom. The van der Waals surface area contributed by atoms with Crippen LogP contribution in [-0.4, -0.2) is 176 Å². The van der Waals surface area contributed by atoms with Gasteiger partial charge in [-0.2, -0.15) is 15.8 Å². The molecule has 0 aliphatic carbocycles. The second-order valence-electron chi connectivity index (χ2n) is 27.2. The quantitative estimate of drug-likeness (QED) is 0.0523. The van der Waals surface area contributed by atoms with Crippen molar-refractivity contribution in [2.45, 2.75) is 63.2 Å². The van der Waals surface area contributed by atoms with Crippen molar-refractivity contribution in [3.8, 4) is 109 Å². The first-order chi connectivity index (χ1) is 54.5. The number of hydrogen-bond acceptors (Lipinski definition) is 17. The maximum Gasteiger partial charge on any atom is 0.573 e. The third kappa shape index (κ3) is 17.8. The number of carbonyl (C=O) groups excluding carboxylic acids is 3. The number of ether oxygens (including phenoxy) is 5. The zero-order valence-electron chi connectivity index (χ0n) is 60.5. The molecule has 27 heteroatoms. The Balaban J connectivity index is 0.000000140. The Labute approximate surface area is 646 Å². The van der Waals surface area contributed by atoms with Crippen LogP contribution in [0.3, 0.4) is 0 Å². The van der Waals surface area contributed by atoms with E-state index in [0.717, 1.165) is 117 Å². The monoisotopic (exact) mass is 1530 g/mol. The summed E-state index contributed by atoms with van der Waals surface area (Å²) in [6, 6.07) is 55.7. The Hall–Kier alpha value is -12.6. The molecule has 568 valence electrons. The van der Waals surface area contributed by atoms with E-state index in [1.807, 2.05) is 108 Å². The molecule has 6 N–H and O–H groups in total. The van der Waals surface area contributed by atoms with Gasteiger partial charge in [-0.25, -0.2) is 0 Å². The summed E-state index contributed by atoms with van der Waals surface area (Å²) in [5.41, 5.74) is 14.5. The van der Waals surface area contributed by atoms with Crippen LogP contribution < -0.4 is 24.3 Å². The van der Waals surface area contributed by atoms with Crippen molar-refractivity contribution in [1.82, 2.24) is 49.9 Å². The Kier molecular flexibility index (Phi) is 23.5. The van der Waals surface area contributed by atoms with Crippen molar-refractivity contribution in [3.63, 3.8) is 0 Å². The van der Waals surface area contributed by atoms with E-state index in [1.165, 1.54) is 24.3 Å². The minimum atomic E-state index is -4.76. The van der Waals surface area contributed by atoms with Crippen LogP contribution in [-0.2, 0) is 14.3 Å². The number of benzene rings is 6. The van der Waals surface area contributed by atoms with E-state index in [4.69, 9.17) is 40.8 Å². The van der Waals surface area contributed by atoms with Crippen molar-refractivity contribution in [2.75, 3.05) is 78.8 Å². The molecule has 0 spiro atoms. The highest BCUT2D eigenvalue weighted by atomic mass is 35.5. The van der Waals surface area contributed by atoms with Gasteiger partial charge in [-0.3, -0.25) is 29.3 Å². The van der Waals surface area contributed by atoms with Gasteiger partial charge in [0.2, 0.25) is 11.8 Å². The number of alkyl halides is 3. The van der Waals surface area contributed by atoms with Crippen LogP contribution in [0.5, 0.6) is 23.0 Å². The van der Waals surface area contributed by atoms with Gasteiger partial charge in [0, 0.05) is 187 Å². The normalized spacial score (nSPS) is 14.9. The van der Waals surface area contributed by atoms with Gasteiger partial charge in [0.25, 0.3) is 5.91 Å². The van der Waals surface area contributed by atoms with Crippen molar-refractivity contribution >= 4 is 62.0 Å². The number of hydrogen-bond donors (Lipinski definition) is 6. The molecule has 6 aromatic heterocycles. The number of nitrogens with zero attached hydrogens (tertiary/aromatic N) is 9. The van der Waals surface area contributed by atoms with Crippen LogP contribution in [0.2, 0.25) is 5.02 Å². The zero-order valence-corrected chi connectivity index (χ0v) is 61.2. The number of aromatic nitrogens is 6. The zero-order chi connectivity index (χ0) is 77.8. The van der Waals surface area contributed by atoms with E-state index >= 15 is 0 Å². The van der Waals surface area contributed by atoms with Gasteiger partial charge < -0.3 is 68.9 Å². The lowest BCUT2D eigenvalue weighted by Crippen LogP contribution is -2.46. The Morgan fingerprint density at radius 3 is 1.20 bits per heavy atom. The van der Waals surface area contributed by atoms with Gasteiger partial charge in [0.15, 0.2) is 0 Å². The molecule has 10 heterocycles. The molecule has 112 heavy (non-hydrogen) atoms. The summed E-state index contributed by atoms with van der Waals surface area (Å²) in [7, 11) is 0. The molecule has 12 aromatic rings. The number of piperazine rings is 1. The molecule has 0 bridgehead atoms. The van der Waals surface area contributed by atoms with E-state index in [1.54, 1.807) is 52.7 Å². The van der Waals surface area contributed by atoms with E-state index in [9.17, 15) is 43.3 Å². The molecule has 3 amide bonds. The van der Waals surface area contributed by atoms with Crippen LogP contribution in [0.1, 0.15) is 65.6 Å². The molecule has 6 aromatic carbocycles. The maximum atomic E-state index is 12.8. The van der Waals surface area contributed by atoms with Crippen molar-refractivity contribution in [3.05, 3.63) is 210 Å². The predicted molar refractivity (Wildman–Crippen MR) is 415 cm³/mol. The van der Waals surface area contributed by atoms with Crippen LogP contribution >= 0.6 is 11.6 Å². The van der Waals surface area contributed by atoms with E-state index < -0.39 is 19.6 Å². The van der Waals surface area contributed by atoms with Crippen LogP contribution in [0, 0.1) is 34.0 Å². The number of piperidine rings is 2. The van der Waals surface area contributed by atoms with Crippen LogP contribution in [0.25, 0.3) is 100 Å². The number of H-pyrrole nitrogens is 3. The van der Waals surface area contributed by atoms with Gasteiger partial charge in [0.1, 0.15) is 72.7 Å². The lowest BCUT2D eigenvalue weighted by molar-refractivity contribution is -0.274. The SMILES string of the molecule is N#Cc1cc(-c2nccc3[nH]c(-c4ccc(C(=O)N5CCNCC5)cc4)cc23)ccc1OC1CCOCC1.N#Cc1cc(-c2nccc3[nH]c(-c4ccc(Cl)cc4)cc23)ccc1OC1CCN(C(=O)CO)CC1.N#Cc1cc(-c2nccc3[nH]c(-c4ccc(OC(F)(F)F)cc4)cc23)ccc1OC1CCN(C(=O)CO)CC1. The first-order valence-electron chi connectivity index (χ1n) is 36.6. The smallest absolute Gasteiger partial charge is 0.489 e. The van der Waals surface area contributed by atoms with E-state index in [-0.39, 0.29) is 41.8 Å². The number of likely N-dealkylation sites (tertiary alicyclic amines) is 2. The van der Waals surface area contributed by atoms with E-state index in [0.29, 0.717) is 132 Å². The first-order valence-corrected chi connectivity index (χ1v) is 37.0. The molecule has 0 unspecified atom stereocenters. The lowest BCUT2D eigenvalue weighted by Gasteiger charge is -2.32. The second-order valence-corrected chi connectivity index (χ2v) is 27.7. The minimum absolute atomic E-state index is 0.0639. The van der Waals surface area contributed by atoms with E-state index in [2.05, 4.69) is 70.3 Å². The van der Waals surface area contributed by atoms with Crippen molar-refractivity contribution in [1.29, 1.82) is 15.8 Å². The second kappa shape index (κ2) is 34.5. The van der Waals surface area contributed by atoms with Gasteiger partial charge in [0.05, 0.1) is 47.0 Å². The summed E-state index contributed by atoms with van der Waals surface area (Å²) >= 11 is 6.03. The Bertz CT molecular complexity index is 5530. The third-order valence-corrected chi connectivity index (χ3v) is 20.3. The van der Waals surface area contributed by atoms with Gasteiger partial charge in [-0.15, -0.1) is 13.2 Å². The van der Waals surface area contributed by atoms with Gasteiger partial charge in [-0.05, 0) is 156 Å². The summed E-state index contributed by atoms with van der Waals surface area (Å²) in [5, 5.41) is 54.2. The number of nitrogens with one attached hydrogen (secondary N) is 4. The fourth-order valence-electron chi connectivity index (χ4n) is 14.2. The molecule has 0 saturated carbocycles. The molecule has 23 nitrogen and oxygen atoms in total. The standard InChI is InChI=1S/C30H29N5O3.C28H23F3N4O4.C27H23ClN4O3/c31-19-23-17-22(5-6-28(23)38-24-8-15-37-16-9-24)29-25-18-27(34-26(25)7-10-33-29)20-1-3-21(4-2-20)30(36)35-13-11-32-12-14-35;29-28(30,31)39-21-4-1-17(2-5-21)24-14-22-23(34-24)7-10-33-27(22)18-3-6-25(19(13-18)15-32)38-20-8-11-35(12-9-20)26(37)16-36;28-20-4-1-17(2-5-20)24-14-22-23(31-24)7-10-30-27(22)18-3-6-25(19(13-18)15-29)35-21-8-11-32(12-9-21)26(34)16-33/h1-7,10,17-18,24,32,34H,8-9,11-16H2;1-7,10,13-14,20,34,36H,8-9,11-12,16H2;1-7,10,13-14,21,31,33H,8-9,11-12,16H2. The fraction of sp³-hybridized carbons (Fsp3) is 0.259. The first kappa shape index (κ1) is 76.2. The number of nitriles is 3. The molecule has 0 atom stereocenters. The summed E-state index contributed by atoms with van der Waals surface area (Å²) in [5.74, 6) is 0.746. The lowest BCUT2D eigenvalue weighted by atomic mass is 10.0.